The molecule has 0 saturated carbocycles. The van der Waals surface area contributed by atoms with Gasteiger partial charge in [0.15, 0.2) is 6.61 Å². The first-order valence-corrected chi connectivity index (χ1v) is 13.1. The number of nitrogens with two attached hydrogens (primary N) is 2. The normalized spacial score (nSPS) is 11.6. The van der Waals surface area contributed by atoms with Crippen molar-refractivity contribution in [3.05, 3.63) is 82.5 Å². The fraction of sp³-hybridized carbons (Fsp3) is 0.286. The molecule has 0 aliphatic heterocycles. The van der Waals surface area contributed by atoms with Gasteiger partial charge in [-0.15, -0.1) is 0 Å². The van der Waals surface area contributed by atoms with Crippen LogP contribution in [-0.2, 0) is 4.79 Å². The van der Waals surface area contributed by atoms with E-state index in [1.54, 1.807) is 42.5 Å². The van der Waals surface area contributed by atoms with Gasteiger partial charge in [0, 0.05) is 18.3 Å². The Hall–Kier alpha value is -4.03. The minimum Gasteiger partial charge on any atom is -0.484 e. The first-order chi connectivity index (χ1) is 19.2. The third-order valence-electron chi connectivity index (χ3n) is 5.85. The fourth-order valence-electron chi connectivity index (χ4n) is 3.56. The fourth-order valence-corrected chi connectivity index (χ4v) is 3.68. The minimum atomic E-state index is -0.547. The number of hydrogen-bond donors (Lipinski definition) is 5. The predicted octanol–water partition coefficient (Wildman–Crippen LogP) is 2.99. The molecule has 0 radical (unpaired) electrons. The van der Waals surface area contributed by atoms with E-state index in [9.17, 15) is 14.4 Å². The summed E-state index contributed by atoms with van der Waals surface area (Å²) in [6, 6.07) is 14.6. The highest BCUT2D eigenvalue weighted by Crippen LogP contribution is 2.25. The van der Waals surface area contributed by atoms with Crippen molar-refractivity contribution in [2.24, 2.45) is 11.5 Å². The van der Waals surface area contributed by atoms with Crippen LogP contribution in [0.4, 0.5) is 11.5 Å². The molecule has 2 aromatic carbocycles. The van der Waals surface area contributed by atoms with Gasteiger partial charge >= 0.3 is 0 Å². The molecule has 3 rings (SSSR count). The summed E-state index contributed by atoms with van der Waals surface area (Å²) in [5.74, 6) is -0.736. The molecule has 12 heteroatoms. The van der Waals surface area contributed by atoms with E-state index in [-0.39, 0.29) is 41.5 Å². The van der Waals surface area contributed by atoms with Crippen molar-refractivity contribution in [1.82, 2.24) is 15.2 Å². The van der Waals surface area contributed by atoms with Crippen LogP contribution >= 0.6 is 11.6 Å². The van der Waals surface area contributed by atoms with Crippen molar-refractivity contribution >= 4 is 40.8 Å². The number of nitrogens with one attached hydrogen (secondary N) is 3. The summed E-state index contributed by atoms with van der Waals surface area (Å²) in [4.78, 5) is 44.3. The Balaban J connectivity index is 1.78. The zero-order valence-electron chi connectivity index (χ0n) is 22.4. The summed E-state index contributed by atoms with van der Waals surface area (Å²) < 4.78 is 5.60. The first-order valence-electron chi connectivity index (χ1n) is 12.7. The number of ether oxygens (including phenoxy) is 1. The second kappa shape index (κ2) is 14.9. The molecule has 0 spiro atoms. The number of rotatable bonds is 13. The maximum absolute atomic E-state index is 13.2. The number of hydrogen-bond acceptors (Lipinski definition) is 8. The topological polar surface area (TPSA) is 165 Å². The molecule has 1 unspecified atom stereocenters. The molecule has 0 bridgehead atoms. The summed E-state index contributed by atoms with van der Waals surface area (Å²) in [6.07, 6.45) is 2.67. The first kappa shape index (κ1) is 30.5. The van der Waals surface area contributed by atoms with Crippen LogP contribution in [-0.4, -0.2) is 61.4 Å². The van der Waals surface area contributed by atoms with Crippen LogP contribution in [0.25, 0.3) is 0 Å². The highest BCUT2D eigenvalue weighted by Gasteiger charge is 2.18. The SMILES string of the molecule is CN(C)C(N)c1ccc(C(=O)Nc2ccc(OCC(=O)NCCCCN)cc2C(=O)Nc2ccc(Cl)cn2)cc1. The Morgan fingerprint density at radius 1 is 1.00 bits per heavy atom. The van der Waals surface area contributed by atoms with Crippen molar-refractivity contribution in [1.29, 1.82) is 0 Å². The number of aromatic nitrogens is 1. The van der Waals surface area contributed by atoms with Crippen LogP contribution < -0.4 is 32.2 Å². The Bertz CT molecular complexity index is 1300. The van der Waals surface area contributed by atoms with Crippen LogP contribution in [0.1, 0.15) is 45.3 Å². The number of carbonyl (C=O) groups is 3. The molecule has 1 heterocycles. The molecule has 0 saturated heterocycles. The predicted molar refractivity (Wildman–Crippen MR) is 155 cm³/mol. The zero-order valence-corrected chi connectivity index (χ0v) is 23.2. The van der Waals surface area contributed by atoms with Crippen molar-refractivity contribution in [2.75, 3.05) is 44.4 Å². The Labute approximate surface area is 238 Å². The van der Waals surface area contributed by atoms with Gasteiger partial charge in [-0.25, -0.2) is 4.98 Å². The van der Waals surface area contributed by atoms with E-state index in [2.05, 4.69) is 20.9 Å². The monoisotopic (exact) mass is 567 g/mol. The van der Waals surface area contributed by atoms with Gasteiger partial charge in [0.1, 0.15) is 11.6 Å². The van der Waals surface area contributed by atoms with E-state index < -0.39 is 11.8 Å². The smallest absolute Gasteiger partial charge is 0.259 e. The van der Waals surface area contributed by atoms with Gasteiger partial charge in [-0.2, -0.15) is 0 Å². The van der Waals surface area contributed by atoms with E-state index in [0.717, 1.165) is 18.4 Å². The van der Waals surface area contributed by atoms with Crippen molar-refractivity contribution in [2.45, 2.75) is 19.0 Å². The Kier molecular flexibility index (Phi) is 11.4. The van der Waals surface area contributed by atoms with Gasteiger partial charge in [-0.3, -0.25) is 19.3 Å². The van der Waals surface area contributed by atoms with E-state index in [4.69, 9.17) is 27.8 Å². The summed E-state index contributed by atoms with van der Waals surface area (Å²) >= 11 is 5.89. The van der Waals surface area contributed by atoms with Gasteiger partial charge < -0.3 is 32.2 Å². The highest BCUT2D eigenvalue weighted by molar-refractivity contribution is 6.30. The molecule has 11 nitrogen and oxygen atoms in total. The lowest BCUT2D eigenvalue weighted by atomic mass is 10.1. The van der Waals surface area contributed by atoms with Crippen LogP contribution in [0.5, 0.6) is 5.75 Å². The maximum Gasteiger partial charge on any atom is 0.259 e. The third kappa shape index (κ3) is 9.02. The highest BCUT2D eigenvalue weighted by atomic mass is 35.5. The lowest BCUT2D eigenvalue weighted by Crippen LogP contribution is -2.30. The molecule has 1 atom stereocenters. The Morgan fingerprint density at radius 3 is 2.40 bits per heavy atom. The van der Waals surface area contributed by atoms with Crippen LogP contribution in [0.2, 0.25) is 5.02 Å². The standard InChI is InChI=1S/C28H34ClN7O4/c1-36(2)26(31)18-5-7-19(8-6-18)27(38)34-23-11-10-21(40-17-25(37)32-14-4-3-13-30)15-22(23)28(39)35-24-12-9-20(29)16-33-24/h5-12,15-16,26H,3-4,13-14,17,30-31H2,1-2H3,(H,32,37)(H,34,38)(H,33,35,39). The zero-order chi connectivity index (χ0) is 29.1. The van der Waals surface area contributed by atoms with Gasteiger partial charge in [0.05, 0.1) is 22.4 Å². The average molecular weight is 568 g/mol. The number of benzene rings is 2. The average Bonchev–Trinajstić information content (AvgIpc) is 2.95. The van der Waals surface area contributed by atoms with Gasteiger partial charge in [0.2, 0.25) is 0 Å². The molecule has 3 amide bonds. The molecule has 0 fully saturated rings. The summed E-state index contributed by atoms with van der Waals surface area (Å²) in [5.41, 5.74) is 13.2. The number of halogens is 1. The third-order valence-corrected chi connectivity index (χ3v) is 6.07. The van der Waals surface area contributed by atoms with Crippen molar-refractivity contribution in [3.63, 3.8) is 0 Å². The molecule has 212 valence electrons. The molecular formula is C28H34ClN7O4. The van der Waals surface area contributed by atoms with Gasteiger partial charge in [-0.1, -0.05) is 23.7 Å². The second-order valence-corrected chi connectivity index (χ2v) is 9.58. The number of unbranched alkanes of at least 4 members (excludes halogenated alkanes) is 1. The van der Waals surface area contributed by atoms with E-state index in [0.29, 0.717) is 23.7 Å². The van der Waals surface area contributed by atoms with Crippen molar-refractivity contribution < 1.29 is 19.1 Å². The maximum atomic E-state index is 13.2. The Morgan fingerprint density at radius 2 is 1.75 bits per heavy atom. The van der Waals surface area contributed by atoms with Crippen LogP contribution in [0.15, 0.2) is 60.8 Å². The van der Waals surface area contributed by atoms with Crippen LogP contribution in [0.3, 0.4) is 0 Å². The van der Waals surface area contributed by atoms with Gasteiger partial charge in [-0.05, 0) is 81.5 Å². The molecule has 1 aromatic heterocycles. The van der Waals surface area contributed by atoms with Crippen LogP contribution in [0, 0.1) is 0 Å². The molecule has 3 aromatic rings. The minimum absolute atomic E-state index is 0.109. The summed E-state index contributed by atoms with van der Waals surface area (Å²) in [5, 5.41) is 8.62. The molecule has 0 aliphatic rings. The van der Waals surface area contributed by atoms with E-state index in [1.807, 2.05) is 19.0 Å². The lowest BCUT2D eigenvalue weighted by Gasteiger charge is -2.20. The summed E-state index contributed by atoms with van der Waals surface area (Å²) in [7, 11) is 3.72. The molecule has 0 aliphatic carbocycles. The molecular weight excluding hydrogens is 534 g/mol. The van der Waals surface area contributed by atoms with Gasteiger partial charge in [0.25, 0.3) is 17.7 Å². The largest absolute Gasteiger partial charge is 0.484 e. The second-order valence-electron chi connectivity index (χ2n) is 9.14. The number of pyridine rings is 1. The number of nitrogens with zero attached hydrogens (tertiary/aromatic N) is 2. The molecule has 40 heavy (non-hydrogen) atoms. The lowest BCUT2D eigenvalue weighted by molar-refractivity contribution is -0.123. The molecule has 7 N–H and O–H groups in total. The van der Waals surface area contributed by atoms with Crippen molar-refractivity contribution in [3.8, 4) is 5.75 Å². The van der Waals surface area contributed by atoms with E-state index in [1.165, 1.54) is 18.3 Å². The number of anilines is 2. The number of amides is 3. The quantitative estimate of drug-likeness (QED) is 0.155. The summed E-state index contributed by atoms with van der Waals surface area (Å²) in [6.45, 7) is 0.811. The number of carbonyl (C=O) groups excluding carboxylic acids is 3. The van der Waals surface area contributed by atoms with E-state index >= 15 is 0 Å².